The Morgan fingerprint density at radius 1 is 1.42 bits per heavy atom. The van der Waals surface area contributed by atoms with Crippen LogP contribution in [0.25, 0.3) is 0 Å². The highest BCUT2D eigenvalue weighted by atomic mass is 79.9. The van der Waals surface area contributed by atoms with E-state index >= 15 is 0 Å². The van der Waals surface area contributed by atoms with E-state index in [9.17, 15) is 4.79 Å². The van der Waals surface area contributed by atoms with Crippen molar-refractivity contribution in [1.29, 1.82) is 0 Å². The smallest absolute Gasteiger partial charge is 0.124 e. The fourth-order valence-electron chi connectivity index (χ4n) is 1.03. The zero-order chi connectivity index (χ0) is 9.14. The molecule has 0 heterocycles. The van der Waals surface area contributed by atoms with Gasteiger partial charge in [0.25, 0.3) is 0 Å². The Balaban J connectivity index is 3.17. The summed E-state index contributed by atoms with van der Waals surface area (Å²) in [6.07, 6.45) is 1.37. The van der Waals surface area contributed by atoms with Crippen molar-refractivity contribution < 1.29 is 4.79 Å². The van der Waals surface area contributed by atoms with E-state index in [1.165, 1.54) is 0 Å². The van der Waals surface area contributed by atoms with Crippen LogP contribution in [0.4, 0.5) is 0 Å². The van der Waals surface area contributed by atoms with Gasteiger partial charge in [-0.25, -0.2) is 0 Å². The second kappa shape index (κ2) is 4.19. The van der Waals surface area contributed by atoms with E-state index < -0.39 is 0 Å². The van der Waals surface area contributed by atoms with Crippen molar-refractivity contribution in [2.24, 2.45) is 0 Å². The van der Waals surface area contributed by atoms with Crippen LogP contribution in [0.1, 0.15) is 11.1 Å². The van der Waals surface area contributed by atoms with Gasteiger partial charge < -0.3 is 4.79 Å². The van der Waals surface area contributed by atoms with Crippen LogP contribution in [0.15, 0.2) is 21.1 Å². The SMILES string of the molecule is Cc1cc(Br)c(Br)c(CC=O)c1. The average Bonchev–Trinajstić information content (AvgIpc) is 2.00. The van der Waals surface area contributed by atoms with Crippen molar-refractivity contribution in [2.45, 2.75) is 13.3 Å². The number of carbonyl (C=O) groups excluding carboxylic acids is 1. The maximum Gasteiger partial charge on any atom is 0.124 e. The predicted octanol–water partition coefficient (Wildman–Crippen LogP) is 3.26. The molecule has 0 atom stereocenters. The molecule has 0 saturated heterocycles. The number of benzene rings is 1. The molecule has 0 aromatic heterocycles. The lowest BCUT2D eigenvalue weighted by Crippen LogP contribution is -1.89. The summed E-state index contributed by atoms with van der Waals surface area (Å²) in [5.41, 5.74) is 2.18. The first-order chi connectivity index (χ1) is 5.65. The zero-order valence-electron chi connectivity index (χ0n) is 6.60. The van der Waals surface area contributed by atoms with Crippen molar-refractivity contribution in [2.75, 3.05) is 0 Å². The average molecular weight is 292 g/mol. The molecule has 0 spiro atoms. The van der Waals surface area contributed by atoms with Gasteiger partial charge in [0.05, 0.1) is 0 Å². The molecule has 0 N–H and O–H groups in total. The normalized spacial score (nSPS) is 9.92. The van der Waals surface area contributed by atoms with Gasteiger partial charge >= 0.3 is 0 Å². The highest BCUT2D eigenvalue weighted by Gasteiger charge is 2.03. The Hall–Kier alpha value is -0.150. The van der Waals surface area contributed by atoms with Gasteiger partial charge in [-0.15, -0.1) is 0 Å². The lowest BCUT2D eigenvalue weighted by Gasteiger charge is -2.04. The minimum absolute atomic E-state index is 0.459. The maximum absolute atomic E-state index is 10.3. The molecular formula is C9H8Br2O. The third kappa shape index (κ3) is 2.17. The minimum atomic E-state index is 0.459. The number of rotatable bonds is 2. The summed E-state index contributed by atoms with van der Waals surface area (Å²) in [6.45, 7) is 2.01. The van der Waals surface area contributed by atoms with E-state index in [1.54, 1.807) is 0 Å². The van der Waals surface area contributed by atoms with E-state index in [0.717, 1.165) is 26.4 Å². The third-order valence-electron chi connectivity index (χ3n) is 1.55. The monoisotopic (exact) mass is 290 g/mol. The lowest BCUT2D eigenvalue weighted by atomic mass is 10.1. The van der Waals surface area contributed by atoms with E-state index in [-0.39, 0.29) is 0 Å². The number of hydrogen-bond donors (Lipinski definition) is 0. The molecule has 0 amide bonds. The first-order valence-corrected chi connectivity index (χ1v) is 5.12. The highest BCUT2D eigenvalue weighted by molar-refractivity contribution is 9.13. The summed E-state index contributed by atoms with van der Waals surface area (Å²) in [5, 5.41) is 0. The maximum atomic E-state index is 10.3. The molecule has 1 nitrogen and oxygen atoms in total. The molecule has 1 aromatic rings. The zero-order valence-corrected chi connectivity index (χ0v) is 9.78. The topological polar surface area (TPSA) is 17.1 Å². The van der Waals surface area contributed by atoms with Crippen molar-refractivity contribution in [3.05, 3.63) is 32.2 Å². The van der Waals surface area contributed by atoms with Crippen LogP contribution in [0, 0.1) is 6.92 Å². The summed E-state index contributed by atoms with van der Waals surface area (Å²) >= 11 is 6.81. The number of aldehydes is 1. The quantitative estimate of drug-likeness (QED) is 0.765. The van der Waals surface area contributed by atoms with Crippen LogP contribution in [-0.2, 0) is 11.2 Å². The first-order valence-electron chi connectivity index (χ1n) is 3.53. The molecular weight excluding hydrogens is 284 g/mol. The molecule has 1 aromatic carbocycles. The van der Waals surface area contributed by atoms with Gasteiger partial charge in [-0.05, 0) is 56.0 Å². The summed E-state index contributed by atoms with van der Waals surface area (Å²) in [5.74, 6) is 0. The Morgan fingerprint density at radius 2 is 2.08 bits per heavy atom. The Labute approximate surface area is 88.4 Å². The first kappa shape index (κ1) is 9.93. The molecule has 0 bridgehead atoms. The molecule has 0 unspecified atom stereocenters. The van der Waals surface area contributed by atoms with Gasteiger partial charge in [0.15, 0.2) is 0 Å². The van der Waals surface area contributed by atoms with Gasteiger partial charge in [0.2, 0.25) is 0 Å². The summed E-state index contributed by atoms with van der Waals surface area (Å²) in [7, 11) is 0. The molecule has 0 aliphatic rings. The Bertz CT molecular complexity index is 308. The molecule has 12 heavy (non-hydrogen) atoms. The van der Waals surface area contributed by atoms with Crippen LogP contribution in [0.3, 0.4) is 0 Å². The van der Waals surface area contributed by atoms with Gasteiger partial charge in [-0.1, -0.05) is 6.07 Å². The molecule has 0 radical (unpaired) electrons. The Kier molecular flexibility index (Phi) is 3.47. The van der Waals surface area contributed by atoms with Crippen LogP contribution < -0.4 is 0 Å². The fraction of sp³-hybridized carbons (Fsp3) is 0.222. The summed E-state index contributed by atoms with van der Waals surface area (Å²) < 4.78 is 1.97. The molecule has 0 aliphatic carbocycles. The van der Waals surface area contributed by atoms with Gasteiger partial charge in [-0.3, -0.25) is 0 Å². The van der Waals surface area contributed by atoms with E-state index in [4.69, 9.17) is 0 Å². The van der Waals surface area contributed by atoms with Crippen LogP contribution in [0.2, 0.25) is 0 Å². The van der Waals surface area contributed by atoms with E-state index in [2.05, 4.69) is 31.9 Å². The van der Waals surface area contributed by atoms with Crippen molar-refractivity contribution in [3.8, 4) is 0 Å². The molecule has 64 valence electrons. The molecule has 1 rings (SSSR count). The van der Waals surface area contributed by atoms with Crippen LogP contribution in [0.5, 0.6) is 0 Å². The van der Waals surface area contributed by atoms with Crippen LogP contribution >= 0.6 is 31.9 Å². The minimum Gasteiger partial charge on any atom is -0.303 e. The van der Waals surface area contributed by atoms with Crippen molar-refractivity contribution in [3.63, 3.8) is 0 Å². The second-order valence-corrected chi connectivity index (χ2v) is 4.24. The van der Waals surface area contributed by atoms with Crippen LogP contribution in [-0.4, -0.2) is 6.29 Å². The van der Waals surface area contributed by atoms with Gasteiger partial charge in [0.1, 0.15) is 6.29 Å². The fourth-order valence-corrected chi connectivity index (χ4v) is 2.04. The number of halogens is 2. The molecule has 3 heteroatoms. The van der Waals surface area contributed by atoms with Crippen molar-refractivity contribution in [1.82, 2.24) is 0 Å². The predicted molar refractivity (Wildman–Crippen MR) is 56.3 cm³/mol. The largest absolute Gasteiger partial charge is 0.303 e. The molecule has 0 fully saturated rings. The number of aryl methyl sites for hydroxylation is 1. The number of carbonyl (C=O) groups is 1. The van der Waals surface area contributed by atoms with Crippen molar-refractivity contribution >= 4 is 38.1 Å². The standard InChI is InChI=1S/C9H8Br2O/c1-6-4-7(2-3-12)9(11)8(10)5-6/h3-5H,2H2,1H3. The van der Waals surface area contributed by atoms with E-state index in [1.807, 2.05) is 19.1 Å². The van der Waals surface area contributed by atoms with Gasteiger partial charge in [0, 0.05) is 15.4 Å². The number of hydrogen-bond acceptors (Lipinski definition) is 1. The lowest BCUT2D eigenvalue weighted by molar-refractivity contribution is -0.107. The second-order valence-electron chi connectivity index (χ2n) is 2.59. The summed E-state index contributed by atoms with van der Waals surface area (Å²) in [4.78, 5) is 10.3. The van der Waals surface area contributed by atoms with E-state index in [0.29, 0.717) is 6.42 Å². The Morgan fingerprint density at radius 3 is 2.67 bits per heavy atom. The highest BCUT2D eigenvalue weighted by Crippen LogP contribution is 2.28. The van der Waals surface area contributed by atoms with Gasteiger partial charge in [-0.2, -0.15) is 0 Å². The molecule has 0 aliphatic heterocycles. The third-order valence-corrected chi connectivity index (χ3v) is 3.65. The summed E-state index contributed by atoms with van der Waals surface area (Å²) in [6, 6.07) is 4.02. The molecule has 0 saturated carbocycles.